The lowest BCUT2D eigenvalue weighted by Gasteiger charge is -2.11. The molecule has 1 amide bonds. The van der Waals surface area contributed by atoms with E-state index in [0.29, 0.717) is 15.9 Å². The molecule has 0 aliphatic rings. The molecule has 2 aromatic carbocycles. The van der Waals surface area contributed by atoms with Crippen LogP contribution < -0.4 is 10.5 Å². The topological polar surface area (TPSA) is 123 Å². The molecule has 0 aliphatic carbocycles. The van der Waals surface area contributed by atoms with E-state index in [1.54, 1.807) is 31.4 Å². The molecule has 0 saturated carbocycles. The Balaban J connectivity index is 2.25. The number of carbonyl (C=O) groups excluding carboxylic acids is 1. The predicted molar refractivity (Wildman–Crippen MR) is 92.9 cm³/mol. The Morgan fingerprint density at radius 3 is 2.44 bits per heavy atom. The van der Waals surface area contributed by atoms with E-state index in [4.69, 9.17) is 10.5 Å². The van der Waals surface area contributed by atoms with Crippen LogP contribution in [0, 0.1) is 0 Å². The number of amides is 1. The number of hydrogen-bond acceptors (Lipinski definition) is 6. The summed E-state index contributed by atoms with van der Waals surface area (Å²) in [4.78, 5) is 11.7. The predicted octanol–water partition coefficient (Wildman–Crippen LogP) is 2.22. The van der Waals surface area contributed by atoms with Gasteiger partial charge in [-0.2, -0.15) is 0 Å². The molecule has 25 heavy (non-hydrogen) atoms. The van der Waals surface area contributed by atoms with Crippen molar-refractivity contribution in [3.63, 3.8) is 0 Å². The van der Waals surface area contributed by atoms with Gasteiger partial charge in [-0.25, -0.2) is 0 Å². The van der Waals surface area contributed by atoms with E-state index in [0.717, 1.165) is 6.07 Å². The Labute approximate surface area is 150 Å². The van der Waals surface area contributed by atoms with Gasteiger partial charge in [-0.05, 0) is 46.3 Å². The highest BCUT2D eigenvalue weighted by atomic mass is 79.9. The Hall–Kier alpha value is -3.07. The van der Waals surface area contributed by atoms with Gasteiger partial charge in [-0.1, -0.05) is 0 Å². The second-order valence-corrected chi connectivity index (χ2v) is 5.92. The number of carbonyl (C=O) groups is 1. The van der Waals surface area contributed by atoms with E-state index in [2.05, 4.69) is 26.1 Å². The third-order valence-electron chi connectivity index (χ3n) is 3.52. The maximum absolute atomic E-state index is 11.7. The molecule has 0 radical (unpaired) electrons. The second-order valence-electron chi connectivity index (χ2n) is 5.07. The molecule has 3 rings (SSSR count). The van der Waals surface area contributed by atoms with Crippen LogP contribution in [0.25, 0.3) is 17.1 Å². The number of ether oxygens (including phenoxy) is 1. The van der Waals surface area contributed by atoms with Gasteiger partial charge in [-0.15, -0.1) is 10.2 Å². The third kappa shape index (κ3) is 3.01. The quantitative estimate of drug-likeness (QED) is 0.612. The van der Waals surface area contributed by atoms with Crippen molar-refractivity contribution in [1.82, 2.24) is 14.8 Å². The summed E-state index contributed by atoms with van der Waals surface area (Å²) >= 11 is 3.19. The van der Waals surface area contributed by atoms with Gasteiger partial charge in [0, 0.05) is 11.8 Å². The standard InChI is InChI=1S/C16H13BrN4O4/c1-25-9-4-2-8(3-5-9)21-15(19-20-16(21)14(18)24)10-6-11(17)13(23)7-12(10)22/h2-7,22-23H,1H3,(H2,18,24). The number of nitrogens with zero attached hydrogens (tertiary/aromatic N) is 3. The molecule has 0 atom stereocenters. The van der Waals surface area contributed by atoms with Crippen LogP contribution in [0.5, 0.6) is 17.2 Å². The summed E-state index contributed by atoms with van der Waals surface area (Å²) in [5, 5.41) is 27.6. The number of aromatic hydroxyl groups is 2. The molecular formula is C16H13BrN4O4. The Bertz CT molecular complexity index is 954. The number of rotatable bonds is 4. The molecule has 0 unspecified atom stereocenters. The lowest BCUT2D eigenvalue weighted by molar-refractivity contribution is 0.0988. The van der Waals surface area contributed by atoms with Gasteiger partial charge in [0.15, 0.2) is 5.82 Å². The van der Waals surface area contributed by atoms with E-state index in [-0.39, 0.29) is 28.7 Å². The first kappa shape index (κ1) is 16.8. The minimum absolute atomic E-state index is 0.0937. The van der Waals surface area contributed by atoms with Crippen LogP contribution in [-0.2, 0) is 0 Å². The molecule has 0 saturated heterocycles. The van der Waals surface area contributed by atoms with Gasteiger partial charge in [0.2, 0.25) is 5.82 Å². The number of benzene rings is 2. The van der Waals surface area contributed by atoms with Gasteiger partial charge in [0.25, 0.3) is 5.91 Å². The summed E-state index contributed by atoms with van der Waals surface area (Å²) in [5.74, 6) is -0.396. The molecule has 128 valence electrons. The lowest BCUT2D eigenvalue weighted by Crippen LogP contribution is -2.17. The molecule has 0 aliphatic heterocycles. The molecule has 9 heteroatoms. The van der Waals surface area contributed by atoms with Gasteiger partial charge >= 0.3 is 0 Å². The zero-order valence-corrected chi connectivity index (χ0v) is 14.6. The van der Waals surface area contributed by atoms with Crippen LogP contribution in [0.1, 0.15) is 10.6 Å². The fourth-order valence-corrected chi connectivity index (χ4v) is 2.67. The Kier molecular flexibility index (Phi) is 4.32. The number of hydrogen-bond donors (Lipinski definition) is 3. The first-order chi connectivity index (χ1) is 11.9. The normalized spacial score (nSPS) is 10.6. The molecule has 3 aromatic rings. The van der Waals surface area contributed by atoms with E-state index in [1.807, 2.05) is 0 Å². The summed E-state index contributed by atoms with van der Waals surface area (Å²) in [5.41, 5.74) is 6.21. The number of phenols is 2. The average molecular weight is 405 g/mol. The van der Waals surface area contributed by atoms with Crippen LogP contribution in [-0.4, -0.2) is 38.0 Å². The summed E-state index contributed by atoms with van der Waals surface area (Å²) in [7, 11) is 1.54. The highest BCUT2D eigenvalue weighted by Gasteiger charge is 2.22. The van der Waals surface area contributed by atoms with Crippen LogP contribution in [0.4, 0.5) is 0 Å². The number of nitrogens with two attached hydrogens (primary N) is 1. The van der Waals surface area contributed by atoms with Gasteiger partial charge in [0.05, 0.1) is 17.1 Å². The first-order valence-corrected chi connectivity index (χ1v) is 7.83. The molecule has 4 N–H and O–H groups in total. The van der Waals surface area contributed by atoms with Crippen molar-refractivity contribution in [3.8, 4) is 34.3 Å². The van der Waals surface area contributed by atoms with Crippen molar-refractivity contribution in [2.24, 2.45) is 5.73 Å². The first-order valence-electron chi connectivity index (χ1n) is 7.04. The molecule has 8 nitrogen and oxygen atoms in total. The molecule has 1 aromatic heterocycles. The van der Waals surface area contributed by atoms with Crippen molar-refractivity contribution in [3.05, 3.63) is 46.7 Å². The van der Waals surface area contributed by atoms with Crippen molar-refractivity contribution in [2.45, 2.75) is 0 Å². The van der Waals surface area contributed by atoms with Gasteiger partial charge in [-0.3, -0.25) is 9.36 Å². The van der Waals surface area contributed by atoms with Crippen molar-refractivity contribution in [1.29, 1.82) is 0 Å². The molecular weight excluding hydrogens is 392 g/mol. The van der Waals surface area contributed by atoms with Crippen molar-refractivity contribution >= 4 is 21.8 Å². The monoisotopic (exact) mass is 404 g/mol. The second kappa shape index (κ2) is 6.44. The summed E-state index contributed by atoms with van der Waals surface area (Å²) < 4.78 is 6.89. The molecule has 0 fully saturated rings. The molecule has 0 spiro atoms. The number of methoxy groups -OCH3 is 1. The highest BCUT2D eigenvalue weighted by Crippen LogP contribution is 2.37. The number of primary amides is 1. The molecule has 1 heterocycles. The van der Waals surface area contributed by atoms with Crippen LogP contribution in [0.3, 0.4) is 0 Å². The van der Waals surface area contributed by atoms with Crippen LogP contribution >= 0.6 is 15.9 Å². The number of phenolic OH excluding ortho intramolecular Hbond substituents is 2. The van der Waals surface area contributed by atoms with Crippen molar-refractivity contribution < 1.29 is 19.7 Å². The fraction of sp³-hybridized carbons (Fsp3) is 0.0625. The van der Waals surface area contributed by atoms with Gasteiger partial charge in [0.1, 0.15) is 17.2 Å². The smallest absolute Gasteiger partial charge is 0.287 e. The fourth-order valence-electron chi connectivity index (χ4n) is 2.32. The number of halogens is 1. The van der Waals surface area contributed by atoms with Gasteiger partial charge < -0.3 is 20.7 Å². The Morgan fingerprint density at radius 2 is 1.84 bits per heavy atom. The Morgan fingerprint density at radius 1 is 1.16 bits per heavy atom. The summed E-state index contributed by atoms with van der Waals surface area (Å²) in [6, 6.07) is 9.44. The zero-order valence-electron chi connectivity index (χ0n) is 13.0. The minimum Gasteiger partial charge on any atom is -0.507 e. The van der Waals surface area contributed by atoms with E-state index in [9.17, 15) is 15.0 Å². The van der Waals surface area contributed by atoms with E-state index < -0.39 is 5.91 Å². The van der Waals surface area contributed by atoms with E-state index >= 15 is 0 Å². The maximum Gasteiger partial charge on any atom is 0.287 e. The average Bonchev–Trinajstić information content (AvgIpc) is 3.03. The van der Waals surface area contributed by atoms with Crippen LogP contribution in [0.2, 0.25) is 0 Å². The summed E-state index contributed by atoms with van der Waals surface area (Å²) in [6.45, 7) is 0. The minimum atomic E-state index is -0.771. The van der Waals surface area contributed by atoms with Crippen molar-refractivity contribution in [2.75, 3.05) is 7.11 Å². The maximum atomic E-state index is 11.7. The zero-order chi connectivity index (χ0) is 18.1. The highest BCUT2D eigenvalue weighted by molar-refractivity contribution is 9.10. The molecule has 0 bridgehead atoms. The largest absolute Gasteiger partial charge is 0.507 e. The summed E-state index contributed by atoms with van der Waals surface area (Å²) in [6.07, 6.45) is 0. The van der Waals surface area contributed by atoms with E-state index in [1.165, 1.54) is 10.6 Å². The third-order valence-corrected chi connectivity index (χ3v) is 4.16. The SMILES string of the molecule is COc1ccc(-n2c(C(N)=O)nnc2-c2cc(Br)c(O)cc2O)cc1. The lowest BCUT2D eigenvalue weighted by atomic mass is 10.1. The number of aromatic nitrogens is 3. The van der Waals surface area contributed by atoms with Crippen LogP contribution in [0.15, 0.2) is 40.9 Å².